The lowest BCUT2D eigenvalue weighted by atomic mass is 9.68. The van der Waals surface area contributed by atoms with Gasteiger partial charge >= 0.3 is 0 Å². The fraction of sp³-hybridized carbons (Fsp3) is 0.125. The van der Waals surface area contributed by atoms with E-state index in [1.807, 2.05) is 30.3 Å². The molecule has 9 aromatic rings. The zero-order valence-electron chi connectivity index (χ0n) is 34.3. The first-order valence-corrected chi connectivity index (χ1v) is 21.8. The largest absolute Gasteiger partial charge is 0.484 e. The standard InChI is InChI=1S/C56H38N4O3/c1-56-27-11-10-26-49(56)60(44-30-33-15-3-2-14-32(33)29-43(44)56)45-31-34(28-42-37-18-6-9-25-48(37)63-52(42)45)53-57-54(40-21-12-19-38-35-16-4-7-23-46(35)61-50(38)40)59-55(58-53)41-22-13-20-39-36-17-5-8-24-47(36)62-51(39)41/h2-28,30-31,35,43,46,49H,29H2,1H3. The van der Waals surface area contributed by atoms with Crippen LogP contribution in [0.5, 0.6) is 5.75 Å². The number of para-hydroxylation sites is 4. The van der Waals surface area contributed by atoms with Crippen LogP contribution >= 0.6 is 0 Å². The summed E-state index contributed by atoms with van der Waals surface area (Å²) in [6, 6.07) is 42.3. The minimum absolute atomic E-state index is 0.0468. The van der Waals surface area contributed by atoms with E-state index in [1.54, 1.807) is 0 Å². The molecule has 5 atom stereocenters. The topological polar surface area (TPSA) is 77.4 Å². The smallest absolute Gasteiger partial charge is 0.167 e. The summed E-state index contributed by atoms with van der Waals surface area (Å²) in [5.41, 5.74) is 11.6. The quantitative estimate of drug-likeness (QED) is 0.175. The number of furan rings is 2. The molecule has 7 heteroatoms. The van der Waals surface area contributed by atoms with Gasteiger partial charge in [0.15, 0.2) is 23.1 Å². The second kappa shape index (κ2) is 12.9. The van der Waals surface area contributed by atoms with Crippen molar-refractivity contribution in [2.75, 3.05) is 4.90 Å². The van der Waals surface area contributed by atoms with Crippen molar-refractivity contribution in [3.05, 3.63) is 192 Å². The molecule has 7 nitrogen and oxygen atoms in total. The van der Waals surface area contributed by atoms with Crippen LogP contribution in [-0.2, 0) is 6.42 Å². The lowest BCUT2D eigenvalue weighted by Gasteiger charge is -2.35. The van der Waals surface area contributed by atoms with Gasteiger partial charge in [-0.25, -0.2) is 15.0 Å². The molecule has 2 aliphatic heterocycles. The van der Waals surface area contributed by atoms with Crippen LogP contribution in [0.15, 0.2) is 184 Å². The molecule has 0 radical (unpaired) electrons. The van der Waals surface area contributed by atoms with Gasteiger partial charge in [0.1, 0.15) is 28.6 Å². The van der Waals surface area contributed by atoms with E-state index < -0.39 is 0 Å². The predicted molar refractivity (Wildman–Crippen MR) is 250 cm³/mol. The third-order valence-corrected chi connectivity index (χ3v) is 14.2. The monoisotopic (exact) mass is 814 g/mol. The maximum Gasteiger partial charge on any atom is 0.167 e. The summed E-state index contributed by atoms with van der Waals surface area (Å²) in [6.45, 7) is 2.41. The summed E-state index contributed by atoms with van der Waals surface area (Å²) in [7, 11) is 0. The Morgan fingerprint density at radius 1 is 0.619 bits per heavy atom. The van der Waals surface area contributed by atoms with Crippen molar-refractivity contribution in [3.8, 4) is 39.9 Å². The van der Waals surface area contributed by atoms with Crippen LogP contribution < -0.4 is 9.64 Å². The summed E-state index contributed by atoms with van der Waals surface area (Å²) in [6.07, 6.45) is 20.9. The lowest BCUT2D eigenvalue weighted by Crippen LogP contribution is -2.37. The predicted octanol–water partition coefficient (Wildman–Crippen LogP) is 13.2. The van der Waals surface area contributed by atoms with Crippen molar-refractivity contribution in [2.24, 2.45) is 11.3 Å². The minimum atomic E-state index is -0.156. The van der Waals surface area contributed by atoms with Crippen LogP contribution in [-0.4, -0.2) is 27.1 Å². The van der Waals surface area contributed by atoms with Gasteiger partial charge in [-0.05, 0) is 66.1 Å². The van der Waals surface area contributed by atoms with Crippen LogP contribution in [0, 0.1) is 11.3 Å². The highest BCUT2D eigenvalue weighted by Gasteiger charge is 2.54. The fourth-order valence-electron chi connectivity index (χ4n) is 11.1. The van der Waals surface area contributed by atoms with Gasteiger partial charge in [-0.1, -0.05) is 134 Å². The van der Waals surface area contributed by atoms with Crippen LogP contribution in [0.25, 0.3) is 84.1 Å². The highest BCUT2D eigenvalue weighted by Crippen LogP contribution is 2.57. The molecule has 0 bridgehead atoms. The highest BCUT2D eigenvalue weighted by molar-refractivity contribution is 6.12. The molecule has 5 aliphatic rings. The van der Waals surface area contributed by atoms with E-state index in [-0.39, 0.29) is 29.4 Å². The van der Waals surface area contributed by atoms with Gasteiger partial charge in [-0.15, -0.1) is 0 Å². The van der Waals surface area contributed by atoms with Crippen LogP contribution in [0.2, 0.25) is 0 Å². The van der Waals surface area contributed by atoms with Gasteiger partial charge in [0, 0.05) is 55.6 Å². The van der Waals surface area contributed by atoms with Gasteiger partial charge in [0.05, 0.1) is 22.9 Å². The molecule has 3 aromatic heterocycles. The third kappa shape index (κ3) is 4.99. The second-order valence-electron chi connectivity index (χ2n) is 17.6. The minimum Gasteiger partial charge on any atom is -0.484 e. The number of ether oxygens (including phenoxy) is 1. The Hall–Kier alpha value is -7.77. The van der Waals surface area contributed by atoms with Gasteiger partial charge in [-0.2, -0.15) is 0 Å². The molecule has 14 rings (SSSR count). The summed E-state index contributed by atoms with van der Waals surface area (Å²) < 4.78 is 20.2. The number of benzene rings is 6. The van der Waals surface area contributed by atoms with Crippen molar-refractivity contribution in [2.45, 2.75) is 31.4 Å². The second-order valence-corrected chi connectivity index (χ2v) is 17.6. The number of rotatable bonds is 4. The highest BCUT2D eigenvalue weighted by atomic mass is 16.5. The van der Waals surface area contributed by atoms with Crippen LogP contribution in [0.3, 0.4) is 0 Å². The first kappa shape index (κ1) is 34.9. The number of fused-ring (bicyclic) bond motifs is 13. The molecule has 5 unspecified atom stereocenters. The average Bonchev–Trinajstić information content (AvgIpc) is 4.08. The van der Waals surface area contributed by atoms with E-state index in [0.717, 1.165) is 84.0 Å². The molecule has 0 N–H and O–H groups in total. The number of aromatic nitrogens is 3. The first-order chi connectivity index (χ1) is 31.1. The Morgan fingerprint density at radius 3 is 2.21 bits per heavy atom. The van der Waals surface area contributed by atoms with Crippen LogP contribution in [0.1, 0.15) is 29.5 Å². The van der Waals surface area contributed by atoms with Crippen molar-refractivity contribution in [3.63, 3.8) is 0 Å². The van der Waals surface area contributed by atoms with E-state index in [2.05, 4.69) is 158 Å². The molecule has 0 amide bonds. The third-order valence-electron chi connectivity index (χ3n) is 14.2. The molecule has 300 valence electrons. The molecule has 1 fully saturated rings. The van der Waals surface area contributed by atoms with E-state index in [1.165, 1.54) is 16.8 Å². The molecular formula is C56H38N4O3. The van der Waals surface area contributed by atoms with E-state index in [4.69, 9.17) is 28.5 Å². The maximum absolute atomic E-state index is 6.90. The number of anilines is 1. The number of hydrogen-bond donors (Lipinski definition) is 0. The van der Waals surface area contributed by atoms with E-state index in [9.17, 15) is 0 Å². The number of hydrogen-bond acceptors (Lipinski definition) is 7. The first-order valence-electron chi connectivity index (χ1n) is 21.8. The average molecular weight is 815 g/mol. The van der Waals surface area contributed by atoms with Gasteiger partial charge < -0.3 is 18.5 Å². The molecule has 63 heavy (non-hydrogen) atoms. The molecule has 0 spiro atoms. The normalized spacial score (nSPS) is 22.6. The molecule has 3 aliphatic carbocycles. The molecule has 1 saturated heterocycles. The van der Waals surface area contributed by atoms with E-state index >= 15 is 0 Å². The van der Waals surface area contributed by atoms with Crippen molar-refractivity contribution in [1.82, 2.24) is 15.0 Å². The Bertz CT molecular complexity index is 3600. The summed E-state index contributed by atoms with van der Waals surface area (Å²) in [5.74, 6) is 2.78. The van der Waals surface area contributed by atoms with Crippen LogP contribution in [0.4, 0.5) is 5.69 Å². The zero-order chi connectivity index (χ0) is 41.4. The summed E-state index contributed by atoms with van der Waals surface area (Å²) in [4.78, 5) is 18.6. The number of nitrogens with zero attached hydrogens (tertiary/aromatic N) is 4. The molecule has 6 aromatic carbocycles. The summed E-state index contributed by atoms with van der Waals surface area (Å²) in [5, 5.41) is 4.10. The van der Waals surface area contributed by atoms with Gasteiger partial charge in [0.2, 0.25) is 0 Å². The Labute approximate surface area is 362 Å². The maximum atomic E-state index is 6.90. The van der Waals surface area contributed by atoms with Crippen molar-refractivity contribution < 1.29 is 13.6 Å². The zero-order valence-corrected chi connectivity index (χ0v) is 34.3. The Morgan fingerprint density at radius 2 is 1.32 bits per heavy atom. The van der Waals surface area contributed by atoms with Crippen molar-refractivity contribution >= 4 is 55.6 Å². The SMILES string of the molecule is CC12C=CC=CC1N(c1cc(-c3nc(-c4cccc5c4OC4C=CC=CC54)nc(-c4cccc5c4oc4ccccc45)n3)cc3c1oc1ccccc13)C1=Cc3ccccc3CC12. The molecule has 5 heterocycles. The lowest BCUT2D eigenvalue weighted by molar-refractivity contribution is 0.269. The summed E-state index contributed by atoms with van der Waals surface area (Å²) >= 11 is 0. The Balaban J connectivity index is 1.04. The van der Waals surface area contributed by atoms with Gasteiger partial charge in [-0.3, -0.25) is 0 Å². The Kier molecular flexibility index (Phi) is 7.13. The van der Waals surface area contributed by atoms with E-state index in [0.29, 0.717) is 17.5 Å². The van der Waals surface area contributed by atoms with Gasteiger partial charge in [0.25, 0.3) is 0 Å². The molecule has 0 saturated carbocycles. The fourth-order valence-corrected chi connectivity index (χ4v) is 11.1. The molecular weight excluding hydrogens is 777 g/mol. The number of allylic oxidation sites excluding steroid dienone is 5. The van der Waals surface area contributed by atoms with Crippen molar-refractivity contribution in [1.29, 1.82) is 0 Å².